The van der Waals surface area contributed by atoms with Crippen LogP contribution in [0, 0.1) is 18.8 Å². The van der Waals surface area contributed by atoms with Crippen molar-refractivity contribution in [3.05, 3.63) is 65.7 Å². The van der Waals surface area contributed by atoms with Crippen LogP contribution < -0.4 is 5.32 Å². The van der Waals surface area contributed by atoms with Crippen molar-refractivity contribution in [2.24, 2.45) is 11.8 Å². The normalized spacial score (nSPS) is 22.2. The molecule has 5 unspecified atom stereocenters. The fourth-order valence-corrected chi connectivity index (χ4v) is 7.34. The topological polar surface area (TPSA) is 161 Å². The maximum Gasteiger partial charge on any atom is 0.469 e. The van der Waals surface area contributed by atoms with Crippen LogP contribution in [-0.4, -0.2) is 79.4 Å². The monoisotopic (exact) mass is 626 g/mol. The molecule has 2 aliphatic rings. The SMILES string of the molecule is Cc1ccc(S(=O)(=O)N(CC(C)C)CC(OP(=O)(O)O)C(Cc2ccccc2)NC(=O)OC2COC3OCCC23)cc1. The smallest absolute Gasteiger partial charge is 0.443 e. The third kappa shape index (κ3) is 8.84. The summed E-state index contributed by atoms with van der Waals surface area (Å²) in [4.78, 5) is 32.9. The number of fused-ring (bicyclic) bond motifs is 1. The maximum absolute atomic E-state index is 13.8. The van der Waals surface area contributed by atoms with Crippen LogP contribution in [0.4, 0.5) is 4.79 Å². The van der Waals surface area contributed by atoms with Gasteiger partial charge in [0.1, 0.15) is 12.2 Å². The number of amides is 1. The van der Waals surface area contributed by atoms with Gasteiger partial charge in [-0.3, -0.25) is 4.52 Å². The van der Waals surface area contributed by atoms with Crippen LogP contribution in [0.25, 0.3) is 0 Å². The molecule has 0 aliphatic carbocycles. The van der Waals surface area contributed by atoms with Crippen LogP contribution >= 0.6 is 7.82 Å². The largest absolute Gasteiger partial charge is 0.469 e. The summed E-state index contributed by atoms with van der Waals surface area (Å²) < 4.78 is 62.7. The van der Waals surface area contributed by atoms with Gasteiger partial charge in [-0.05, 0) is 43.4 Å². The molecular formula is C28H39N2O10PS. The van der Waals surface area contributed by atoms with E-state index in [9.17, 15) is 27.6 Å². The van der Waals surface area contributed by atoms with E-state index in [-0.39, 0.29) is 36.3 Å². The van der Waals surface area contributed by atoms with Gasteiger partial charge < -0.3 is 29.3 Å². The first kappa shape index (κ1) is 32.6. The predicted octanol–water partition coefficient (Wildman–Crippen LogP) is 3.22. The number of ether oxygens (including phenoxy) is 3. The lowest BCUT2D eigenvalue weighted by atomic mass is 10.0. The Labute approximate surface area is 246 Å². The second-order valence-electron chi connectivity index (χ2n) is 11.1. The fourth-order valence-electron chi connectivity index (χ4n) is 5.16. The number of rotatable bonds is 13. The molecule has 3 N–H and O–H groups in total. The van der Waals surface area contributed by atoms with Crippen molar-refractivity contribution in [1.29, 1.82) is 0 Å². The van der Waals surface area contributed by atoms with Crippen molar-refractivity contribution >= 4 is 23.9 Å². The first-order valence-electron chi connectivity index (χ1n) is 13.9. The van der Waals surface area contributed by atoms with Crippen LogP contribution in [0.1, 0.15) is 31.4 Å². The van der Waals surface area contributed by atoms with Gasteiger partial charge in [-0.1, -0.05) is 61.9 Å². The Morgan fingerprint density at radius 3 is 2.43 bits per heavy atom. The molecule has 0 radical (unpaired) electrons. The van der Waals surface area contributed by atoms with E-state index in [1.54, 1.807) is 36.4 Å². The van der Waals surface area contributed by atoms with Crippen molar-refractivity contribution in [2.75, 3.05) is 26.3 Å². The van der Waals surface area contributed by atoms with Crippen molar-refractivity contribution in [3.63, 3.8) is 0 Å². The summed E-state index contributed by atoms with van der Waals surface area (Å²) in [6.45, 7) is 5.75. The lowest BCUT2D eigenvalue weighted by molar-refractivity contribution is -0.0907. The molecule has 2 saturated heterocycles. The minimum Gasteiger partial charge on any atom is -0.443 e. The first-order valence-corrected chi connectivity index (χ1v) is 16.8. The van der Waals surface area contributed by atoms with Gasteiger partial charge in [-0.15, -0.1) is 0 Å². The summed E-state index contributed by atoms with van der Waals surface area (Å²) in [6, 6.07) is 14.2. The molecule has 12 nitrogen and oxygen atoms in total. The number of hydrogen-bond donors (Lipinski definition) is 3. The molecule has 1 amide bonds. The molecule has 2 aromatic rings. The lowest BCUT2D eigenvalue weighted by Crippen LogP contribution is -2.52. The average Bonchev–Trinajstić information content (AvgIpc) is 3.52. The van der Waals surface area contributed by atoms with E-state index in [4.69, 9.17) is 18.7 Å². The highest BCUT2D eigenvalue weighted by molar-refractivity contribution is 7.89. The van der Waals surface area contributed by atoms with E-state index < -0.39 is 55.0 Å². The zero-order valence-corrected chi connectivity index (χ0v) is 25.6. The van der Waals surface area contributed by atoms with E-state index in [0.717, 1.165) is 15.4 Å². The number of nitrogens with zero attached hydrogens (tertiary/aromatic N) is 1. The minimum absolute atomic E-state index is 0.0326. The van der Waals surface area contributed by atoms with E-state index in [1.807, 2.05) is 26.8 Å². The maximum atomic E-state index is 13.8. The number of phosphoric acid groups is 1. The minimum atomic E-state index is -5.14. The number of aryl methyl sites for hydroxylation is 1. The van der Waals surface area contributed by atoms with Gasteiger partial charge in [0, 0.05) is 13.1 Å². The quantitative estimate of drug-likeness (QED) is 0.282. The number of nitrogens with one attached hydrogen (secondary N) is 1. The Balaban J connectivity index is 1.63. The summed E-state index contributed by atoms with van der Waals surface area (Å²) in [6.07, 6.45) is -2.54. The molecule has 5 atom stereocenters. The standard InChI is InChI=1S/C28H39N2O10PS/c1-19(2)16-30(42(35,36)22-11-9-20(3)10-12-22)17-25(40-41(32,33)34)24(15-21-7-5-4-6-8-21)29-28(31)39-26-18-38-27-23(26)13-14-37-27/h4-12,19,23-27H,13-18H2,1-3H3,(H,29,31)(H2,32,33,34). The van der Waals surface area contributed by atoms with Gasteiger partial charge in [0.2, 0.25) is 10.0 Å². The number of phosphoric ester groups is 1. The molecule has 0 bridgehead atoms. The Morgan fingerprint density at radius 2 is 1.79 bits per heavy atom. The molecule has 42 heavy (non-hydrogen) atoms. The van der Waals surface area contributed by atoms with Crippen LogP contribution in [0.3, 0.4) is 0 Å². The summed E-state index contributed by atoms with van der Waals surface area (Å²) >= 11 is 0. The van der Waals surface area contributed by atoms with Gasteiger partial charge in [-0.25, -0.2) is 17.8 Å². The Bertz CT molecular complexity index is 1340. The summed E-state index contributed by atoms with van der Waals surface area (Å²) in [5.74, 6) is -0.248. The van der Waals surface area contributed by atoms with E-state index >= 15 is 0 Å². The van der Waals surface area contributed by atoms with Gasteiger partial charge in [0.25, 0.3) is 0 Å². The third-order valence-corrected chi connectivity index (χ3v) is 9.57. The molecule has 2 aliphatic heterocycles. The molecule has 2 heterocycles. The summed E-state index contributed by atoms with van der Waals surface area (Å²) in [5, 5.41) is 2.70. The predicted molar refractivity (Wildman–Crippen MR) is 153 cm³/mol. The number of benzene rings is 2. The number of sulfonamides is 1. The molecule has 0 aromatic heterocycles. The van der Waals surface area contributed by atoms with Crippen molar-refractivity contribution in [2.45, 2.75) is 63.0 Å². The van der Waals surface area contributed by atoms with E-state index in [2.05, 4.69) is 5.32 Å². The molecular weight excluding hydrogens is 587 g/mol. The van der Waals surface area contributed by atoms with Crippen LogP contribution in [-0.2, 0) is 39.7 Å². The first-order chi connectivity index (χ1) is 19.8. The molecule has 14 heteroatoms. The van der Waals surface area contributed by atoms with Crippen LogP contribution in [0.2, 0.25) is 0 Å². The highest BCUT2D eigenvalue weighted by Gasteiger charge is 2.44. The molecule has 0 spiro atoms. The van der Waals surface area contributed by atoms with Crippen molar-refractivity contribution in [1.82, 2.24) is 9.62 Å². The van der Waals surface area contributed by atoms with Crippen molar-refractivity contribution < 1.29 is 46.3 Å². The Morgan fingerprint density at radius 1 is 1.10 bits per heavy atom. The number of carbonyl (C=O) groups is 1. The average molecular weight is 627 g/mol. The number of alkyl carbamates (subject to hydrolysis) is 1. The van der Waals surface area contributed by atoms with Gasteiger partial charge in [-0.2, -0.15) is 4.31 Å². The molecule has 0 saturated carbocycles. The molecule has 2 fully saturated rings. The summed E-state index contributed by atoms with van der Waals surface area (Å²) in [5.41, 5.74) is 1.60. The second-order valence-corrected chi connectivity index (χ2v) is 14.2. The van der Waals surface area contributed by atoms with Crippen LogP contribution in [0.15, 0.2) is 59.5 Å². The molecule has 232 valence electrons. The molecule has 4 rings (SSSR count). The van der Waals surface area contributed by atoms with Crippen molar-refractivity contribution in [3.8, 4) is 0 Å². The van der Waals surface area contributed by atoms with E-state index in [0.29, 0.717) is 13.0 Å². The fraction of sp³-hybridized carbons (Fsp3) is 0.536. The number of carbonyl (C=O) groups excluding carboxylic acids is 1. The highest BCUT2D eigenvalue weighted by Crippen LogP contribution is 2.39. The molecule has 2 aromatic carbocycles. The zero-order chi connectivity index (χ0) is 30.5. The van der Waals surface area contributed by atoms with Crippen LogP contribution in [0.5, 0.6) is 0 Å². The third-order valence-electron chi connectivity index (χ3n) is 7.18. The lowest BCUT2D eigenvalue weighted by Gasteiger charge is -2.33. The zero-order valence-electron chi connectivity index (χ0n) is 23.9. The van der Waals surface area contributed by atoms with Gasteiger partial charge >= 0.3 is 13.9 Å². The second kappa shape index (κ2) is 14.0. The highest BCUT2D eigenvalue weighted by atomic mass is 32.2. The summed E-state index contributed by atoms with van der Waals surface area (Å²) in [7, 11) is -9.24. The number of hydrogen-bond acceptors (Lipinski definition) is 8. The van der Waals surface area contributed by atoms with Gasteiger partial charge in [0.15, 0.2) is 6.29 Å². The Kier molecular flexibility index (Phi) is 10.8. The van der Waals surface area contributed by atoms with Gasteiger partial charge in [0.05, 0.1) is 30.1 Å². The Hall–Kier alpha value is -2.35. The van der Waals surface area contributed by atoms with E-state index in [1.165, 1.54) is 12.1 Å².